The van der Waals surface area contributed by atoms with Gasteiger partial charge < -0.3 is 0 Å². The van der Waals surface area contributed by atoms with Crippen LogP contribution in [0.15, 0.2) is 30.3 Å². The van der Waals surface area contributed by atoms with Gasteiger partial charge in [0.15, 0.2) is 11.5 Å². The highest BCUT2D eigenvalue weighted by atomic mass is 16.1. The molecule has 0 saturated carbocycles. The van der Waals surface area contributed by atoms with Crippen molar-refractivity contribution in [2.24, 2.45) is 5.92 Å². The van der Waals surface area contributed by atoms with Crippen LogP contribution in [0.1, 0.15) is 19.4 Å². The molecule has 0 saturated heterocycles. The Hall–Kier alpha value is -1.88. The fraction of sp³-hybridized carbons (Fsp3) is 0.231. The lowest BCUT2D eigenvalue weighted by molar-refractivity contribution is -0.117. The van der Waals surface area contributed by atoms with E-state index in [4.69, 9.17) is 6.57 Å². The van der Waals surface area contributed by atoms with Crippen LogP contribution in [0.2, 0.25) is 0 Å². The van der Waals surface area contributed by atoms with Crippen molar-refractivity contribution in [3.05, 3.63) is 47.3 Å². The molecule has 0 spiro atoms. The van der Waals surface area contributed by atoms with Crippen LogP contribution in [0.25, 0.3) is 10.9 Å². The van der Waals surface area contributed by atoms with E-state index in [1.54, 1.807) is 24.3 Å². The highest BCUT2D eigenvalue weighted by Gasteiger charge is 2.01. The molecule has 2 nitrogen and oxygen atoms in total. The zero-order valence-electron chi connectivity index (χ0n) is 8.90. The van der Waals surface area contributed by atoms with E-state index in [-0.39, 0.29) is 11.7 Å². The van der Waals surface area contributed by atoms with Crippen molar-refractivity contribution in [2.45, 2.75) is 13.8 Å². The summed E-state index contributed by atoms with van der Waals surface area (Å²) < 4.78 is 0. The lowest BCUT2D eigenvalue weighted by Gasteiger charge is -1.97. The third kappa shape index (κ3) is 3.40. The normalized spacial score (nSPS) is 10.5. The van der Waals surface area contributed by atoms with Gasteiger partial charge in [0.05, 0.1) is 6.57 Å². The van der Waals surface area contributed by atoms with Crippen molar-refractivity contribution in [2.75, 3.05) is 0 Å². The molecule has 2 heteroatoms. The lowest BCUT2D eigenvalue weighted by Crippen LogP contribution is -2.01. The second kappa shape index (κ2) is 5.11. The van der Waals surface area contributed by atoms with Gasteiger partial charge >= 0.3 is 0 Å². The van der Waals surface area contributed by atoms with E-state index in [9.17, 15) is 4.79 Å². The molecule has 0 heterocycles. The summed E-state index contributed by atoms with van der Waals surface area (Å²) in [6, 6.07) is 7.15. The van der Waals surface area contributed by atoms with E-state index in [1.807, 2.05) is 26.0 Å². The largest absolute Gasteiger partial charge is 0.295 e. The molecule has 0 atom stereocenters. The minimum Gasteiger partial charge on any atom is -0.295 e. The third-order valence-electron chi connectivity index (χ3n) is 2.03. The summed E-state index contributed by atoms with van der Waals surface area (Å²) in [5, 5.41) is 0. The molecule has 76 valence electrons. The highest BCUT2D eigenvalue weighted by Crippen LogP contribution is 2.13. The summed E-state index contributed by atoms with van der Waals surface area (Å²) in [5.41, 5.74) is 1.55. The van der Waals surface area contributed by atoms with Crippen LogP contribution >= 0.6 is 0 Å². The minimum atomic E-state index is 0.0313. The van der Waals surface area contributed by atoms with Gasteiger partial charge in [-0.15, -0.1) is 0 Å². The molecule has 1 aromatic carbocycles. The van der Waals surface area contributed by atoms with E-state index < -0.39 is 0 Å². The van der Waals surface area contributed by atoms with Gasteiger partial charge in [0.1, 0.15) is 0 Å². The topological polar surface area (TPSA) is 21.4 Å². The summed E-state index contributed by atoms with van der Waals surface area (Å²) in [5.74, 6) is 0.146. The van der Waals surface area contributed by atoms with Crippen molar-refractivity contribution in [1.29, 1.82) is 0 Å². The Morgan fingerprint density at radius 1 is 1.33 bits per heavy atom. The first-order valence-electron chi connectivity index (χ1n) is 4.83. The molecule has 0 bridgehead atoms. The van der Waals surface area contributed by atoms with Gasteiger partial charge in [0, 0.05) is 5.92 Å². The molecule has 0 aliphatic rings. The fourth-order valence-electron chi connectivity index (χ4n) is 1.03. The maximum Gasteiger partial charge on any atom is 0.187 e. The maximum absolute atomic E-state index is 11.3. The molecule has 15 heavy (non-hydrogen) atoms. The first-order chi connectivity index (χ1) is 7.13. The van der Waals surface area contributed by atoms with E-state index >= 15 is 0 Å². The van der Waals surface area contributed by atoms with Gasteiger partial charge in [0.25, 0.3) is 0 Å². The van der Waals surface area contributed by atoms with Crippen LogP contribution in [0, 0.1) is 12.5 Å². The standard InChI is InChI=1S/C13H13NO/c1-10(2)13(15)9-6-11-4-7-12(14-3)8-5-11/h4-10H,1-2H3/b9-6+. The highest BCUT2D eigenvalue weighted by molar-refractivity contribution is 5.94. The Balaban J connectivity index is 2.74. The van der Waals surface area contributed by atoms with Gasteiger partial charge in [-0.3, -0.25) is 4.79 Å². The Bertz CT molecular complexity index is 407. The number of hydrogen-bond acceptors (Lipinski definition) is 1. The molecule has 0 N–H and O–H groups in total. The van der Waals surface area contributed by atoms with Crippen LogP contribution in [-0.4, -0.2) is 5.78 Å². The quantitative estimate of drug-likeness (QED) is 0.539. The zero-order chi connectivity index (χ0) is 11.3. The van der Waals surface area contributed by atoms with Crippen molar-refractivity contribution >= 4 is 17.5 Å². The monoisotopic (exact) mass is 199 g/mol. The first-order valence-corrected chi connectivity index (χ1v) is 4.83. The molecular formula is C13H13NO. The third-order valence-corrected chi connectivity index (χ3v) is 2.03. The van der Waals surface area contributed by atoms with Gasteiger partial charge in [-0.2, -0.15) is 0 Å². The minimum absolute atomic E-state index is 0.0313. The number of carbonyl (C=O) groups excluding carboxylic acids is 1. The van der Waals surface area contributed by atoms with Gasteiger partial charge in [-0.05, 0) is 11.6 Å². The second-order valence-electron chi connectivity index (χ2n) is 3.59. The average Bonchev–Trinajstić information content (AvgIpc) is 2.26. The molecule has 0 unspecified atom stereocenters. The van der Waals surface area contributed by atoms with E-state index in [0.717, 1.165) is 5.56 Å². The summed E-state index contributed by atoms with van der Waals surface area (Å²) >= 11 is 0. The molecule has 1 aromatic rings. The smallest absolute Gasteiger partial charge is 0.187 e. The second-order valence-corrected chi connectivity index (χ2v) is 3.59. The maximum atomic E-state index is 11.3. The lowest BCUT2D eigenvalue weighted by atomic mass is 10.1. The summed E-state index contributed by atoms with van der Waals surface area (Å²) in [6.45, 7) is 10.5. The zero-order valence-corrected chi connectivity index (χ0v) is 8.90. The van der Waals surface area contributed by atoms with Crippen molar-refractivity contribution in [1.82, 2.24) is 0 Å². The van der Waals surface area contributed by atoms with Crippen molar-refractivity contribution < 1.29 is 4.79 Å². The Kier molecular flexibility index (Phi) is 3.82. The molecule has 0 aliphatic carbocycles. The first kappa shape index (κ1) is 11.2. The molecule has 0 aliphatic heterocycles. The van der Waals surface area contributed by atoms with Crippen molar-refractivity contribution in [3.63, 3.8) is 0 Å². The fourth-order valence-corrected chi connectivity index (χ4v) is 1.03. The molecule has 1 rings (SSSR count). The molecule has 0 aromatic heterocycles. The predicted octanol–water partition coefficient (Wildman–Crippen LogP) is 3.48. The van der Waals surface area contributed by atoms with Crippen molar-refractivity contribution in [3.8, 4) is 0 Å². The molecule has 0 radical (unpaired) electrons. The number of carbonyl (C=O) groups is 1. The van der Waals surface area contributed by atoms with E-state index in [2.05, 4.69) is 4.85 Å². The molecular weight excluding hydrogens is 186 g/mol. The number of rotatable bonds is 3. The van der Waals surface area contributed by atoms with Crippen LogP contribution in [-0.2, 0) is 4.79 Å². The summed E-state index contributed by atoms with van der Waals surface area (Å²) in [4.78, 5) is 14.6. The number of hydrogen-bond donors (Lipinski definition) is 0. The van der Waals surface area contributed by atoms with Gasteiger partial charge in [-0.25, -0.2) is 4.85 Å². The average molecular weight is 199 g/mol. The number of ketones is 1. The van der Waals surface area contributed by atoms with Crippen LogP contribution < -0.4 is 0 Å². The number of allylic oxidation sites excluding steroid dienone is 1. The Labute approximate surface area is 90.1 Å². The van der Waals surface area contributed by atoms with E-state index in [0.29, 0.717) is 5.69 Å². The van der Waals surface area contributed by atoms with Gasteiger partial charge in [-0.1, -0.05) is 44.2 Å². The Morgan fingerprint density at radius 2 is 1.93 bits per heavy atom. The molecule has 0 amide bonds. The molecule has 0 fully saturated rings. The summed E-state index contributed by atoms with van der Waals surface area (Å²) in [6.07, 6.45) is 3.35. The summed E-state index contributed by atoms with van der Waals surface area (Å²) in [7, 11) is 0. The SMILES string of the molecule is [C-]#[N+]c1ccc(/C=C/C(=O)C(C)C)cc1. The van der Waals surface area contributed by atoms with Crippen LogP contribution in [0.5, 0.6) is 0 Å². The van der Waals surface area contributed by atoms with E-state index in [1.165, 1.54) is 0 Å². The number of benzene rings is 1. The van der Waals surface area contributed by atoms with Crippen LogP contribution in [0.3, 0.4) is 0 Å². The predicted molar refractivity (Wildman–Crippen MR) is 61.6 cm³/mol. The Morgan fingerprint density at radius 3 is 2.40 bits per heavy atom. The van der Waals surface area contributed by atoms with Crippen LogP contribution in [0.4, 0.5) is 5.69 Å². The number of nitrogens with zero attached hydrogens (tertiary/aromatic N) is 1. The van der Waals surface area contributed by atoms with Gasteiger partial charge in [0.2, 0.25) is 0 Å².